The molecular weight excluding hydrogens is 340 g/mol. The highest BCUT2D eigenvalue weighted by Crippen LogP contribution is 2.17. The molecule has 0 saturated heterocycles. The van der Waals surface area contributed by atoms with Crippen LogP contribution in [0.25, 0.3) is 10.9 Å². The number of benzene rings is 2. The average Bonchev–Trinajstić information content (AvgIpc) is 2.63. The summed E-state index contributed by atoms with van der Waals surface area (Å²) in [6.07, 6.45) is 1.72. The van der Waals surface area contributed by atoms with E-state index in [0.29, 0.717) is 10.9 Å². The molecule has 0 aliphatic heterocycles. The molecular formula is C21H24N4O2. The first kappa shape index (κ1) is 18.8. The van der Waals surface area contributed by atoms with Gasteiger partial charge in [-0.1, -0.05) is 30.3 Å². The van der Waals surface area contributed by atoms with Gasteiger partial charge in [-0.25, -0.2) is 4.98 Å². The molecule has 0 unspecified atom stereocenters. The third kappa shape index (κ3) is 4.41. The van der Waals surface area contributed by atoms with Gasteiger partial charge in [-0.3, -0.25) is 14.2 Å². The Labute approximate surface area is 158 Å². The number of nitrogens with zero attached hydrogens (tertiary/aromatic N) is 3. The molecule has 0 atom stereocenters. The van der Waals surface area contributed by atoms with Crippen molar-refractivity contribution in [3.05, 3.63) is 70.3 Å². The summed E-state index contributed by atoms with van der Waals surface area (Å²) in [7, 11) is 3.97. The maximum atomic E-state index is 12.6. The molecule has 1 heterocycles. The second-order valence-electron chi connectivity index (χ2n) is 6.91. The molecule has 0 spiro atoms. The molecule has 0 aliphatic carbocycles. The van der Waals surface area contributed by atoms with E-state index in [2.05, 4.69) is 10.3 Å². The van der Waals surface area contributed by atoms with E-state index in [1.54, 1.807) is 6.07 Å². The Morgan fingerprint density at radius 2 is 1.93 bits per heavy atom. The number of rotatable bonds is 6. The summed E-state index contributed by atoms with van der Waals surface area (Å²) in [5.41, 5.74) is 3.41. The van der Waals surface area contributed by atoms with Crippen molar-refractivity contribution in [3.63, 3.8) is 0 Å². The predicted molar refractivity (Wildman–Crippen MR) is 108 cm³/mol. The Balaban J connectivity index is 1.71. The van der Waals surface area contributed by atoms with Crippen molar-refractivity contribution in [2.24, 2.45) is 0 Å². The van der Waals surface area contributed by atoms with Gasteiger partial charge in [0, 0.05) is 25.2 Å². The molecule has 3 aromatic rings. The van der Waals surface area contributed by atoms with E-state index in [0.717, 1.165) is 23.4 Å². The second kappa shape index (κ2) is 8.14. The lowest BCUT2D eigenvalue weighted by atomic mass is 10.1. The number of para-hydroxylation sites is 2. The number of aryl methyl sites for hydroxylation is 2. The molecule has 3 rings (SSSR count). The fourth-order valence-electron chi connectivity index (χ4n) is 3.05. The Morgan fingerprint density at radius 3 is 2.70 bits per heavy atom. The van der Waals surface area contributed by atoms with Gasteiger partial charge in [0.1, 0.15) is 0 Å². The van der Waals surface area contributed by atoms with E-state index < -0.39 is 0 Å². The van der Waals surface area contributed by atoms with Gasteiger partial charge < -0.3 is 10.2 Å². The highest BCUT2D eigenvalue weighted by molar-refractivity contribution is 5.91. The fraction of sp³-hybridized carbons (Fsp3) is 0.286. The van der Waals surface area contributed by atoms with Crippen molar-refractivity contribution in [2.45, 2.75) is 26.4 Å². The Hall–Kier alpha value is -2.99. The number of amides is 1. The minimum Gasteiger partial charge on any atom is -0.326 e. The number of carbonyl (C=O) groups is 1. The minimum atomic E-state index is -0.127. The Morgan fingerprint density at radius 1 is 1.15 bits per heavy atom. The average molecular weight is 364 g/mol. The number of carbonyl (C=O) groups excluding carboxylic acids is 1. The zero-order valence-corrected chi connectivity index (χ0v) is 15.9. The number of fused-ring (bicyclic) bond motifs is 1. The maximum absolute atomic E-state index is 12.6. The van der Waals surface area contributed by atoms with E-state index in [-0.39, 0.29) is 24.4 Å². The molecule has 27 heavy (non-hydrogen) atoms. The first-order valence-electron chi connectivity index (χ1n) is 8.93. The summed E-state index contributed by atoms with van der Waals surface area (Å²) in [6, 6.07) is 13.3. The monoisotopic (exact) mass is 364 g/mol. The minimum absolute atomic E-state index is 0.121. The molecule has 0 saturated carbocycles. The third-order valence-electron chi connectivity index (χ3n) is 4.41. The van der Waals surface area contributed by atoms with Crippen LogP contribution in [0.15, 0.2) is 53.6 Å². The highest BCUT2D eigenvalue weighted by Gasteiger charge is 2.10. The molecule has 2 aromatic carbocycles. The van der Waals surface area contributed by atoms with Gasteiger partial charge in [0.15, 0.2) is 0 Å². The third-order valence-corrected chi connectivity index (χ3v) is 4.41. The van der Waals surface area contributed by atoms with Crippen molar-refractivity contribution in [1.29, 1.82) is 0 Å². The lowest BCUT2D eigenvalue weighted by Crippen LogP contribution is -2.24. The number of hydrogen-bond acceptors (Lipinski definition) is 4. The number of aromatic nitrogens is 2. The van der Waals surface area contributed by atoms with Crippen molar-refractivity contribution >= 4 is 22.5 Å². The van der Waals surface area contributed by atoms with Crippen LogP contribution < -0.4 is 10.9 Å². The summed E-state index contributed by atoms with van der Waals surface area (Å²) in [5, 5.41) is 3.53. The van der Waals surface area contributed by atoms with Crippen LogP contribution in [0.2, 0.25) is 0 Å². The standard InChI is InChI=1S/C21H24N4O2/c1-15-7-6-9-17-20(15)22-14-25(21(17)27)12-11-19(26)23-18-10-5-4-8-16(18)13-24(2)3/h4-10,14H,11-13H2,1-3H3,(H,23,26). The largest absolute Gasteiger partial charge is 0.326 e. The van der Waals surface area contributed by atoms with Crippen molar-refractivity contribution < 1.29 is 4.79 Å². The number of hydrogen-bond donors (Lipinski definition) is 1. The van der Waals surface area contributed by atoms with E-state index >= 15 is 0 Å². The van der Waals surface area contributed by atoms with Gasteiger partial charge in [0.2, 0.25) is 5.91 Å². The quantitative estimate of drug-likeness (QED) is 0.730. The predicted octanol–water partition coefficient (Wildman–Crippen LogP) is 2.80. The zero-order valence-electron chi connectivity index (χ0n) is 15.9. The zero-order chi connectivity index (χ0) is 19.4. The molecule has 140 valence electrons. The summed E-state index contributed by atoms with van der Waals surface area (Å²) >= 11 is 0. The maximum Gasteiger partial charge on any atom is 0.261 e. The molecule has 0 fully saturated rings. The van der Waals surface area contributed by atoms with Gasteiger partial charge in [-0.05, 0) is 44.3 Å². The smallest absolute Gasteiger partial charge is 0.261 e. The topological polar surface area (TPSA) is 67.2 Å². The summed E-state index contributed by atoms with van der Waals surface area (Å²) in [5.74, 6) is -0.127. The van der Waals surface area contributed by atoms with Crippen LogP contribution in [0.3, 0.4) is 0 Å². The Bertz CT molecular complexity index is 1020. The molecule has 0 aliphatic rings. The first-order chi connectivity index (χ1) is 13.0. The van der Waals surface area contributed by atoms with Crippen molar-refractivity contribution in [1.82, 2.24) is 14.5 Å². The van der Waals surface area contributed by atoms with Gasteiger partial charge in [0.25, 0.3) is 5.56 Å². The normalized spacial score (nSPS) is 11.1. The van der Waals surface area contributed by atoms with Gasteiger partial charge in [0.05, 0.1) is 17.2 Å². The highest BCUT2D eigenvalue weighted by atomic mass is 16.2. The van der Waals surface area contributed by atoms with E-state index in [4.69, 9.17) is 0 Å². The van der Waals surface area contributed by atoms with Crippen LogP contribution in [0.4, 0.5) is 5.69 Å². The van der Waals surface area contributed by atoms with Crippen LogP contribution in [0.1, 0.15) is 17.5 Å². The fourth-order valence-corrected chi connectivity index (χ4v) is 3.05. The molecule has 1 amide bonds. The van der Waals surface area contributed by atoms with Crippen LogP contribution in [-0.4, -0.2) is 34.5 Å². The summed E-state index contributed by atoms with van der Waals surface area (Å²) < 4.78 is 1.49. The van der Waals surface area contributed by atoms with Crippen molar-refractivity contribution in [3.8, 4) is 0 Å². The van der Waals surface area contributed by atoms with Crippen molar-refractivity contribution in [2.75, 3.05) is 19.4 Å². The van der Waals surface area contributed by atoms with Gasteiger partial charge in [-0.15, -0.1) is 0 Å². The molecule has 6 heteroatoms. The second-order valence-corrected chi connectivity index (χ2v) is 6.91. The summed E-state index contributed by atoms with van der Waals surface area (Å²) in [6.45, 7) is 2.96. The molecule has 1 N–H and O–H groups in total. The van der Waals surface area contributed by atoms with Gasteiger partial charge in [-0.2, -0.15) is 0 Å². The Kier molecular flexibility index (Phi) is 5.66. The molecule has 0 bridgehead atoms. The molecule has 0 radical (unpaired) electrons. The van der Waals surface area contributed by atoms with E-state index in [1.807, 2.05) is 62.3 Å². The number of anilines is 1. The summed E-state index contributed by atoms with van der Waals surface area (Å²) in [4.78, 5) is 31.4. The molecule has 6 nitrogen and oxygen atoms in total. The number of nitrogens with one attached hydrogen (secondary N) is 1. The van der Waals surface area contributed by atoms with Crippen LogP contribution in [0.5, 0.6) is 0 Å². The van der Waals surface area contributed by atoms with Crippen LogP contribution in [0, 0.1) is 6.92 Å². The SMILES string of the molecule is Cc1cccc2c(=O)n(CCC(=O)Nc3ccccc3CN(C)C)cnc12. The molecule has 1 aromatic heterocycles. The van der Waals surface area contributed by atoms with E-state index in [1.165, 1.54) is 10.9 Å². The van der Waals surface area contributed by atoms with E-state index in [9.17, 15) is 9.59 Å². The van der Waals surface area contributed by atoms with Crippen LogP contribution in [-0.2, 0) is 17.9 Å². The lowest BCUT2D eigenvalue weighted by molar-refractivity contribution is -0.116. The first-order valence-corrected chi connectivity index (χ1v) is 8.93. The van der Waals surface area contributed by atoms with Crippen LogP contribution >= 0.6 is 0 Å². The van der Waals surface area contributed by atoms with Gasteiger partial charge >= 0.3 is 0 Å². The lowest BCUT2D eigenvalue weighted by Gasteiger charge is -2.15.